The molecule has 0 saturated carbocycles. The Morgan fingerprint density at radius 3 is 3.23 bits per heavy atom. The van der Waals surface area contributed by atoms with Crippen LogP contribution >= 0.6 is 0 Å². The molecule has 1 atom stereocenters. The minimum Gasteiger partial charge on any atom is -0.458 e. The lowest BCUT2D eigenvalue weighted by Gasteiger charge is -2.11. The summed E-state index contributed by atoms with van der Waals surface area (Å²) in [5, 5.41) is 0. The molecule has 0 heterocycles. The predicted octanol–water partition coefficient (Wildman–Crippen LogP) is 2.24. The second-order valence-electron chi connectivity index (χ2n) is 3.17. The van der Waals surface area contributed by atoms with Gasteiger partial charge >= 0.3 is 5.97 Å². The highest BCUT2D eigenvalue weighted by molar-refractivity contribution is 5.81. The standard InChI is InChI=1S/C11H14O2/c1-3-11(12)13-8-10-6-4-5-9(2)7-10/h3-4,6-7,9H,1,5,8H2,2H3. The van der Waals surface area contributed by atoms with E-state index in [-0.39, 0.29) is 5.97 Å². The second kappa shape index (κ2) is 4.65. The Balaban J connectivity index is 2.40. The molecule has 70 valence electrons. The molecule has 0 amide bonds. The lowest BCUT2D eigenvalue weighted by molar-refractivity contribution is -0.136. The molecule has 2 heteroatoms. The van der Waals surface area contributed by atoms with Gasteiger partial charge in [-0.1, -0.05) is 31.7 Å². The summed E-state index contributed by atoms with van der Waals surface area (Å²) in [6, 6.07) is 0. The first-order valence-corrected chi connectivity index (χ1v) is 4.39. The van der Waals surface area contributed by atoms with Crippen molar-refractivity contribution in [2.24, 2.45) is 5.92 Å². The number of hydrogen-bond acceptors (Lipinski definition) is 2. The molecule has 0 aromatic heterocycles. The molecule has 0 N–H and O–H groups in total. The van der Waals surface area contributed by atoms with E-state index in [4.69, 9.17) is 4.74 Å². The molecule has 0 fully saturated rings. The summed E-state index contributed by atoms with van der Waals surface area (Å²) in [5.74, 6) is 0.176. The summed E-state index contributed by atoms with van der Waals surface area (Å²) >= 11 is 0. The number of allylic oxidation sites excluding steroid dienone is 2. The van der Waals surface area contributed by atoms with Crippen molar-refractivity contribution in [2.45, 2.75) is 13.3 Å². The van der Waals surface area contributed by atoms with Crippen LogP contribution in [0.2, 0.25) is 0 Å². The van der Waals surface area contributed by atoms with Gasteiger partial charge in [-0.05, 0) is 17.9 Å². The van der Waals surface area contributed by atoms with E-state index >= 15 is 0 Å². The Bertz CT molecular complexity index is 261. The third kappa shape index (κ3) is 3.28. The van der Waals surface area contributed by atoms with Gasteiger partial charge in [-0.15, -0.1) is 0 Å². The van der Waals surface area contributed by atoms with Gasteiger partial charge in [0.1, 0.15) is 6.61 Å². The van der Waals surface area contributed by atoms with Gasteiger partial charge in [0.25, 0.3) is 0 Å². The molecule has 1 aliphatic carbocycles. The second-order valence-corrected chi connectivity index (χ2v) is 3.17. The summed E-state index contributed by atoms with van der Waals surface area (Å²) in [7, 11) is 0. The van der Waals surface area contributed by atoms with E-state index in [9.17, 15) is 4.79 Å². The van der Waals surface area contributed by atoms with Crippen LogP contribution in [-0.4, -0.2) is 12.6 Å². The van der Waals surface area contributed by atoms with Crippen molar-refractivity contribution >= 4 is 5.97 Å². The van der Waals surface area contributed by atoms with Gasteiger partial charge in [-0.2, -0.15) is 0 Å². The smallest absolute Gasteiger partial charge is 0.330 e. The normalized spacial score (nSPS) is 20.7. The molecule has 0 aliphatic heterocycles. The molecule has 0 radical (unpaired) electrons. The van der Waals surface area contributed by atoms with Crippen LogP contribution in [-0.2, 0) is 9.53 Å². The van der Waals surface area contributed by atoms with Crippen LogP contribution in [0.4, 0.5) is 0 Å². The predicted molar refractivity (Wildman–Crippen MR) is 52.2 cm³/mol. The largest absolute Gasteiger partial charge is 0.458 e. The molecule has 2 nitrogen and oxygen atoms in total. The molecular weight excluding hydrogens is 164 g/mol. The Hall–Kier alpha value is -1.31. The van der Waals surface area contributed by atoms with Gasteiger partial charge in [-0.25, -0.2) is 4.79 Å². The fourth-order valence-corrected chi connectivity index (χ4v) is 1.23. The molecule has 0 aromatic rings. The quantitative estimate of drug-likeness (QED) is 0.489. The van der Waals surface area contributed by atoms with Crippen LogP contribution in [0.15, 0.2) is 36.5 Å². The van der Waals surface area contributed by atoms with E-state index in [0.29, 0.717) is 12.5 Å². The Morgan fingerprint density at radius 2 is 2.62 bits per heavy atom. The third-order valence-electron chi connectivity index (χ3n) is 1.89. The lowest BCUT2D eigenvalue weighted by Crippen LogP contribution is -2.06. The average molecular weight is 178 g/mol. The van der Waals surface area contributed by atoms with Crippen LogP contribution < -0.4 is 0 Å². The highest BCUT2D eigenvalue weighted by atomic mass is 16.5. The van der Waals surface area contributed by atoms with Gasteiger partial charge in [0, 0.05) is 6.08 Å². The maximum atomic E-state index is 10.7. The molecule has 13 heavy (non-hydrogen) atoms. The highest BCUT2D eigenvalue weighted by Crippen LogP contribution is 2.15. The number of rotatable bonds is 3. The van der Waals surface area contributed by atoms with E-state index in [2.05, 4.69) is 25.7 Å². The van der Waals surface area contributed by atoms with Crippen LogP contribution in [0.5, 0.6) is 0 Å². The minimum atomic E-state index is -0.368. The monoisotopic (exact) mass is 178 g/mol. The van der Waals surface area contributed by atoms with E-state index < -0.39 is 0 Å². The van der Waals surface area contributed by atoms with E-state index in [1.807, 2.05) is 6.08 Å². The number of esters is 1. The van der Waals surface area contributed by atoms with Crippen molar-refractivity contribution in [3.05, 3.63) is 36.5 Å². The van der Waals surface area contributed by atoms with Crippen molar-refractivity contribution in [3.8, 4) is 0 Å². The highest BCUT2D eigenvalue weighted by Gasteiger charge is 2.05. The third-order valence-corrected chi connectivity index (χ3v) is 1.89. The summed E-state index contributed by atoms with van der Waals surface area (Å²) in [6.45, 7) is 5.82. The van der Waals surface area contributed by atoms with Crippen molar-refractivity contribution in [1.29, 1.82) is 0 Å². The van der Waals surface area contributed by atoms with Crippen molar-refractivity contribution in [3.63, 3.8) is 0 Å². The number of hydrogen-bond donors (Lipinski definition) is 0. The topological polar surface area (TPSA) is 26.3 Å². The molecular formula is C11H14O2. The Kier molecular flexibility index (Phi) is 3.50. The van der Waals surface area contributed by atoms with Gasteiger partial charge in [-0.3, -0.25) is 0 Å². The fraction of sp³-hybridized carbons (Fsp3) is 0.364. The van der Waals surface area contributed by atoms with E-state index in [1.54, 1.807) is 0 Å². The van der Waals surface area contributed by atoms with Crippen LogP contribution in [0.25, 0.3) is 0 Å². The molecule has 0 aromatic carbocycles. The van der Waals surface area contributed by atoms with E-state index in [1.165, 1.54) is 6.08 Å². The van der Waals surface area contributed by atoms with Crippen molar-refractivity contribution in [1.82, 2.24) is 0 Å². The molecule has 0 saturated heterocycles. The number of carbonyl (C=O) groups is 1. The van der Waals surface area contributed by atoms with Crippen LogP contribution in [0, 0.1) is 5.92 Å². The molecule has 1 rings (SSSR count). The Morgan fingerprint density at radius 1 is 1.85 bits per heavy atom. The molecule has 0 spiro atoms. The van der Waals surface area contributed by atoms with Crippen molar-refractivity contribution in [2.75, 3.05) is 6.61 Å². The molecule has 0 bridgehead atoms. The maximum Gasteiger partial charge on any atom is 0.330 e. The summed E-state index contributed by atoms with van der Waals surface area (Å²) < 4.78 is 4.90. The zero-order valence-corrected chi connectivity index (χ0v) is 7.82. The number of carbonyl (C=O) groups excluding carboxylic acids is 1. The zero-order valence-electron chi connectivity index (χ0n) is 7.82. The maximum absolute atomic E-state index is 10.7. The van der Waals surface area contributed by atoms with Crippen LogP contribution in [0.1, 0.15) is 13.3 Å². The average Bonchev–Trinajstić information content (AvgIpc) is 2.14. The first-order chi connectivity index (χ1) is 6.22. The van der Waals surface area contributed by atoms with Gasteiger partial charge in [0.05, 0.1) is 0 Å². The zero-order chi connectivity index (χ0) is 9.68. The Labute approximate surface area is 78.6 Å². The summed E-state index contributed by atoms with van der Waals surface area (Å²) in [5.41, 5.74) is 1.06. The fourth-order valence-electron chi connectivity index (χ4n) is 1.23. The summed E-state index contributed by atoms with van der Waals surface area (Å²) in [4.78, 5) is 10.7. The SMILES string of the molecule is C=CC(=O)OCC1=CC(C)CC=C1. The van der Waals surface area contributed by atoms with Gasteiger partial charge in [0.2, 0.25) is 0 Å². The van der Waals surface area contributed by atoms with E-state index in [0.717, 1.165) is 12.0 Å². The minimum absolute atomic E-state index is 0.353. The molecule has 1 aliphatic rings. The lowest BCUT2D eigenvalue weighted by atomic mass is 9.98. The summed E-state index contributed by atoms with van der Waals surface area (Å²) in [6.07, 6.45) is 8.46. The first-order valence-electron chi connectivity index (χ1n) is 4.39. The first kappa shape index (κ1) is 9.78. The van der Waals surface area contributed by atoms with Crippen LogP contribution in [0.3, 0.4) is 0 Å². The molecule has 1 unspecified atom stereocenters. The van der Waals surface area contributed by atoms with Gasteiger partial charge in [0.15, 0.2) is 0 Å². The van der Waals surface area contributed by atoms with Gasteiger partial charge < -0.3 is 4.74 Å². The van der Waals surface area contributed by atoms with Crippen molar-refractivity contribution < 1.29 is 9.53 Å². The number of ether oxygens (including phenoxy) is 1.